The molecule has 2 aromatic rings. The highest BCUT2D eigenvalue weighted by Crippen LogP contribution is 2.26. The van der Waals surface area contributed by atoms with Gasteiger partial charge >= 0.3 is 0 Å². The van der Waals surface area contributed by atoms with E-state index in [4.69, 9.17) is 0 Å². The number of aryl methyl sites for hydroxylation is 1. The average Bonchev–Trinajstić information content (AvgIpc) is 2.40. The van der Waals surface area contributed by atoms with E-state index in [9.17, 15) is 0 Å². The lowest BCUT2D eigenvalue weighted by atomic mass is 10.2. The van der Waals surface area contributed by atoms with Crippen LogP contribution in [0.25, 0.3) is 0 Å². The summed E-state index contributed by atoms with van der Waals surface area (Å²) < 4.78 is 0. The zero-order valence-electron chi connectivity index (χ0n) is 11.1. The standard InChI is InChI=1S/C15H19N3/c1-4-18(14-7-5-6-12(2)8-14)15-9-13(16-3)10-17-11-15/h5-11,16H,4H2,1-3H3. The summed E-state index contributed by atoms with van der Waals surface area (Å²) in [6.45, 7) is 5.17. The smallest absolute Gasteiger partial charge is 0.0617 e. The van der Waals surface area contributed by atoms with Gasteiger partial charge in [0.05, 0.1) is 23.8 Å². The van der Waals surface area contributed by atoms with E-state index in [0.29, 0.717) is 0 Å². The van der Waals surface area contributed by atoms with Crippen LogP contribution < -0.4 is 10.2 Å². The lowest BCUT2D eigenvalue weighted by Gasteiger charge is -2.23. The van der Waals surface area contributed by atoms with Crippen LogP contribution in [-0.2, 0) is 0 Å². The molecule has 0 fully saturated rings. The van der Waals surface area contributed by atoms with Crippen molar-refractivity contribution in [3.63, 3.8) is 0 Å². The van der Waals surface area contributed by atoms with Gasteiger partial charge in [-0.3, -0.25) is 4.98 Å². The Morgan fingerprint density at radius 3 is 2.67 bits per heavy atom. The monoisotopic (exact) mass is 241 g/mol. The number of pyridine rings is 1. The Morgan fingerprint density at radius 1 is 1.17 bits per heavy atom. The third kappa shape index (κ3) is 2.62. The fourth-order valence-electron chi connectivity index (χ4n) is 2.02. The molecule has 1 aromatic carbocycles. The molecule has 1 aromatic heterocycles. The second kappa shape index (κ2) is 5.54. The zero-order valence-corrected chi connectivity index (χ0v) is 11.1. The van der Waals surface area contributed by atoms with Gasteiger partial charge in [-0.15, -0.1) is 0 Å². The van der Waals surface area contributed by atoms with Gasteiger partial charge in [0.1, 0.15) is 0 Å². The van der Waals surface area contributed by atoms with Gasteiger partial charge < -0.3 is 10.2 Å². The minimum atomic E-state index is 0.915. The van der Waals surface area contributed by atoms with Gasteiger partial charge in [0.25, 0.3) is 0 Å². The number of hydrogen-bond donors (Lipinski definition) is 1. The first kappa shape index (κ1) is 12.4. The Labute approximate surface area is 108 Å². The minimum Gasteiger partial charge on any atom is -0.387 e. The summed E-state index contributed by atoms with van der Waals surface area (Å²) >= 11 is 0. The normalized spacial score (nSPS) is 10.2. The fraction of sp³-hybridized carbons (Fsp3) is 0.267. The van der Waals surface area contributed by atoms with E-state index in [-0.39, 0.29) is 0 Å². The van der Waals surface area contributed by atoms with Crippen molar-refractivity contribution in [1.82, 2.24) is 4.98 Å². The van der Waals surface area contributed by atoms with Gasteiger partial charge in [-0.1, -0.05) is 12.1 Å². The van der Waals surface area contributed by atoms with Crippen LogP contribution in [0.5, 0.6) is 0 Å². The number of rotatable bonds is 4. The Bertz CT molecular complexity index is 523. The van der Waals surface area contributed by atoms with E-state index in [1.165, 1.54) is 11.3 Å². The van der Waals surface area contributed by atoms with Crippen molar-refractivity contribution in [2.45, 2.75) is 13.8 Å². The van der Waals surface area contributed by atoms with E-state index in [1.807, 2.05) is 19.4 Å². The van der Waals surface area contributed by atoms with Crippen LogP contribution in [0.2, 0.25) is 0 Å². The highest BCUT2D eigenvalue weighted by Gasteiger charge is 2.08. The van der Waals surface area contributed by atoms with E-state index in [1.54, 1.807) is 0 Å². The van der Waals surface area contributed by atoms with Gasteiger partial charge in [-0.25, -0.2) is 0 Å². The summed E-state index contributed by atoms with van der Waals surface area (Å²) in [4.78, 5) is 6.52. The molecule has 0 spiro atoms. The lowest BCUT2D eigenvalue weighted by Crippen LogP contribution is -2.16. The van der Waals surface area contributed by atoms with Crippen LogP contribution in [-0.4, -0.2) is 18.6 Å². The molecule has 0 atom stereocenters. The van der Waals surface area contributed by atoms with Crippen molar-refractivity contribution < 1.29 is 0 Å². The Hall–Kier alpha value is -2.03. The van der Waals surface area contributed by atoms with Gasteiger partial charge in [0, 0.05) is 19.3 Å². The number of aromatic nitrogens is 1. The molecule has 0 saturated carbocycles. The number of benzene rings is 1. The number of anilines is 3. The van der Waals surface area contributed by atoms with E-state index < -0.39 is 0 Å². The summed E-state index contributed by atoms with van der Waals surface area (Å²) in [5.41, 5.74) is 4.60. The minimum absolute atomic E-state index is 0.915. The highest BCUT2D eigenvalue weighted by atomic mass is 15.1. The van der Waals surface area contributed by atoms with Gasteiger partial charge in [0.15, 0.2) is 0 Å². The fourth-order valence-corrected chi connectivity index (χ4v) is 2.02. The maximum absolute atomic E-state index is 4.27. The SMILES string of the molecule is CCN(c1cccc(C)c1)c1cncc(NC)c1. The van der Waals surface area contributed by atoms with Crippen LogP contribution in [0.1, 0.15) is 12.5 Å². The molecule has 3 nitrogen and oxygen atoms in total. The van der Waals surface area contributed by atoms with Crippen molar-refractivity contribution in [2.75, 3.05) is 23.8 Å². The quantitative estimate of drug-likeness (QED) is 0.886. The molecule has 0 radical (unpaired) electrons. The Morgan fingerprint density at radius 2 is 2.00 bits per heavy atom. The zero-order chi connectivity index (χ0) is 13.0. The van der Waals surface area contributed by atoms with Gasteiger partial charge in [-0.05, 0) is 37.6 Å². The molecule has 0 unspecified atom stereocenters. The number of nitrogens with one attached hydrogen (secondary N) is 1. The maximum atomic E-state index is 4.27. The van der Waals surface area contributed by atoms with E-state index in [0.717, 1.165) is 17.9 Å². The maximum Gasteiger partial charge on any atom is 0.0617 e. The van der Waals surface area contributed by atoms with Crippen molar-refractivity contribution in [1.29, 1.82) is 0 Å². The predicted octanol–water partition coefficient (Wildman–Crippen LogP) is 3.59. The molecular formula is C15H19N3. The summed E-state index contributed by atoms with van der Waals surface area (Å²) in [6, 6.07) is 10.6. The second-order valence-corrected chi connectivity index (χ2v) is 4.27. The van der Waals surface area contributed by atoms with Crippen LogP contribution >= 0.6 is 0 Å². The van der Waals surface area contributed by atoms with E-state index in [2.05, 4.69) is 59.4 Å². The molecule has 1 N–H and O–H groups in total. The highest BCUT2D eigenvalue weighted by molar-refractivity contribution is 5.66. The van der Waals surface area contributed by atoms with Crippen molar-refractivity contribution >= 4 is 17.1 Å². The molecule has 1 heterocycles. The van der Waals surface area contributed by atoms with Crippen LogP contribution in [0.3, 0.4) is 0 Å². The molecule has 0 amide bonds. The van der Waals surface area contributed by atoms with Crippen molar-refractivity contribution in [3.8, 4) is 0 Å². The van der Waals surface area contributed by atoms with Gasteiger partial charge in [0.2, 0.25) is 0 Å². The van der Waals surface area contributed by atoms with Crippen molar-refractivity contribution in [2.24, 2.45) is 0 Å². The molecule has 94 valence electrons. The second-order valence-electron chi connectivity index (χ2n) is 4.27. The first-order valence-electron chi connectivity index (χ1n) is 6.21. The first-order chi connectivity index (χ1) is 8.74. The topological polar surface area (TPSA) is 28.2 Å². The molecule has 2 rings (SSSR count). The molecule has 18 heavy (non-hydrogen) atoms. The largest absolute Gasteiger partial charge is 0.387 e. The third-order valence-electron chi connectivity index (χ3n) is 2.95. The third-order valence-corrected chi connectivity index (χ3v) is 2.95. The number of nitrogens with zero attached hydrogens (tertiary/aromatic N) is 2. The van der Waals surface area contributed by atoms with Crippen LogP contribution in [0, 0.1) is 6.92 Å². The summed E-state index contributed by atoms with van der Waals surface area (Å²) in [5, 5.41) is 3.12. The summed E-state index contributed by atoms with van der Waals surface area (Å²) in [6.07, 6.45) is 3.72. The predicted molar refractivity (Wildman–Crippen MR) is 77.6 cm³/mol. The molecule has 0 aliphatic rings. The summed E-state index contributed by atoms with van der Waals surface area (Å²) in [5.74, 6) is 0. The van der Waals surface area contributed by atoms with Crippen molar-refractivity contribution in [3.05, 3.63) is 48.3 Å². The molecule has 3 heteroatoms. The average molecular weight is 241 g/mol. The Balaban J connectivity index is 2.38. The number of hydrogen-bond acceptors (Lipinski definition) is 3. The van der Waals surface area contributed by atoms with Gasteiger partial charge in [-0.2, -0.15) is 0 Å². The lowest BCUT2D eigenvalue weighted by molar-refractivity contribution is 1.01. The molecule has 0 aliphatic heterocycles. The Kier molecular flexibility index (Phi) is 3.82. The molecule has 0 saturated heterocycles. The van der Waals surface area contributed by atoms with Crippen LogP contribution in [0.4, 0.5) is 17.1 Å². The first-order valence-corrected chi connectivity index (χ1v) is 6.21. The molecular weight excluding hydrogens is 222 g/mol. The molecule has 0 aliphatic carbocycles. The van der Waals surface area contributed by atoms with Crippen LogP contribution in [0.15, 0.2) is 42.7 Å². The molecule has 0 bridgehead atoms. The summed E-state index contributed by atoms with van der Waals surface area (Å²) in [7, 11) is 1.91. The van der Waals surface area contributed by atoms with E-state index >= 15 is 0 Å².